The lowest BCUT2D eigenvalue weighted by atomic mass is 9.96. The quantitative estimate of drug-likeness (QED) is 0.877. The van der Waals surface area contributed by atoms with E-state index < -0.39 is 0 Å². The molecule has 4 heteroatoms. The van der Waals surface area contributed by atoms with Crippen LogP contribution in [-0.4, -0.2) is 13.2 Å². The Bertz CT molecular complexity index is 560. The molecule has 0 aliphatic carbocycles. The predicted molar refractivity (Wildman–Crippen MR) is 74.7 cm³/mol. The van der Waals surface area contributed by atoms with Crippen molar-refractivity contribution in [3.05, 3.63) is 65.7 Å². The zero-order valence-electron chi connectivity index (χ0n) is 11.1. The Morgan fingerprint density at radius 2 is 1.70 bits per heavy atom. The van der Waals surface area contributed by atoms with Crippen molar-refractivity contribution in [2.75, 3.05) is 13.2 Å². The summed E-state index contributed by atoms with van der Waals surface area (Å²) in [6.45, 7) is 0.817. The van der Waals surface area contributed by atoms with E-state index in [9.17, 15) is 8.78 Å². The average Bonchev–Trinajstić information content (AvgIpc) is 2.44. The predicted octanol–water partition coefficient (Wildman–Crippen LogP) is 3.48. The second-order valence-corrected chi connectivity index (χ2v) is 4.58. The summed E-state index contributed by atoms with van der Waals surface area (Å²) in [6, 6.07) is 12.4. The van der Waals surface area contributed by atoms with Crippen molar-refractivity contribution in [2.24, 2.45) is 5.73 Å². The van der Waals surface area contributed by atoms with Gasteiger partial charge in [0.1, 0.15) is 17.4 Å². The van der Waals surface area contributed by atoms with Gasteiger partial charge in [-0.15, -0.1) is 0 Å². The fraction of sp³-hybridized carbons (Fsp3) is 0.250. The van der Waals surface area contributed by atoms with Crippen LogP contribution in [0.25, 0.3) is 0 Å². The summed E-state index contributed by atoms with van der Waals surface area (Å²) in [7, 11) is 0. The molecule has 106 valence electrons. The summed E-state index contributed by atoms with van der Waals surface area (Å²) in [5, 5.41) is 0. The highest BCUT2D eigenvalue weighted by atomic mass is 19.1. The largest absolute Gasteiger partial charge is 0.493 e. The van der Waals surface area contributed by atoms with Crippen molar-refractivity contribution in [3.8, 4) is 5.75 Å². The molecule has 2 nitrogen and oxygen atoms in total. The minimum absolute atomic E-state index is 0.0271. The lowest BCUT2D eigenvalue weighted by molar-refractivity contribution is 0.297. The van der Waals surface area contributed by atoms with Gasteiger partial charge in [-0.05, 0) is 48.7 Å². The number of hydrogen-bond acceptors (Lipinski definition) is 2. The molecule has 0 saturated carbocycles. The van der Waals surface area contributed by atoms with E-state index in [0.717, 1.165) is 5.56 Å². The number of benzene rings is 2. The molecule has 2 rings (SSSR count). The Kier molecular flexibility index (Phi) is 5.07. The van der Waals surface area contributed by atoms with Crippen molar-refractivity contribution in [1.82, 2.24) is 0 Å². The molecule has 0 aromatic heterocycles. The van der Waals surface area contributed by atoms with Crippen molar-refractivity contribution in [2.45, 2.75) is 12.3 Å². The molecule has 2 N–H and O–H groups in total. The van der Waals surface area contributed by atoms with Crippen LogP contribution in [0.1, 0.15) is 17.9 Å². The van der Waals surface area contributed by atoms with Crippen LogP contribution >= 0.6 is 0 Å². The summed E-state index contributed by atoms with van der Waals surface area (Å²) in [5.74, 6) is -0.0886. The van der Waals surface area contributed by atoms with Crippen LogP contribution in [0.15, 0.2) is 48.5 Å². The fourth-order valence-corrected chi connectivity index (χ4v) is 2.06. The van der Waals surface area contributed by atoms with Crippen molar-refractivity contribution >= 4 is 0 Å². The van der Waals surface area contributed by atoms with Crippen LogP contribution in [-0.2, 0) is 0 Å². The molecular weight excluding hydrogens is 260 g/mol. The van der Waals surface area contributed by atoms with E-state index >= 15 is 0 Å². The molecule has 1 atom stereocenters. The van der Waals surface area contributed by atoms with Crippen molar-refractivity contribution < 1.29 is 13.5 Å². The van der Waals surface area contributed by atoms with E-state index in [-0.39, 0.29) is 17.6 Å². The zero-order chi connectivity index (χ0) is 14.4. The first kappa shape index (κ1) is 14.5. The molecule has 0 radical (unpaired) electrons. The van der Waals surface area contributed by atoms with Gasteiger partial charge in [-0.2, -0.15) is 0 Å². The molecule has 20 heavy (non-hydrogen) atoms. The minimum Gasteiger partial charge on any atom is -0.493 e. The Morgan fingerprint density at radius 3 is 2.35 bits per heavy atom. The average molecular weight is 277 g/mol. The van der Waals surface area contributed by atoms with Gasteiger partial charge in [-0.3, -0.25) is 0 Å². The first-order valence-electron chi connectivity index (χ1n) is 6.53. The van der Waals surface area contributed by atoms with Crippen molar-refractivity contribution in [3.63, 3.8) is 0 Å². The second kappa shape index (κ2) is 7.01. The Balaban J connectivity index is 1.91. The van der Waals surface area contributed by atoms with Gasteiger partial charge in [-0.25, -0.2) is 8.78 Å². The zero-order valence-corrected chi connectivity index (χ0v) is 11.1. The number of hydrogen-bond donors (Lipinski definition) is 1. The summed E-state index contributed by atoms with van der Waals surface area (Å²) in [5.41, 5.74) is 6.58. The Morgan fingerprint density at radius 1 is 1.00 bits per heavy atom. The van der Waals surface area contributed by atoms with Gasteiger partial charge in [0.2, 0.25) is 0 Å². The maximum atomic E-state index is 13.2. The van der Waals surface area contributed by atoms with Gasteiger partial charge in [0.25, 0.3) is 0 Å². The summed E-state index contributed by atoms with van der Waals surface area (Å²) in [4.78, 5) is 0. The minimum atomic E-state index is -0.331. The van der Waals surface area contributed by atoms with Crippen LogP contribution in [0.2, 0.25) is 0 Å². The molecule has 0 heterocycles. The van der Waals surface area contributed by atoms with E-state index in [1.807, 2.05) is 6.07 Å². The van der Waals surface area contributed by atoms with Crippen LogP contribution in [0.5, 0.6) is 5.75 Å². The summed E-state index contributed by atoms with van der Waals surface area (Å²) < 4.78 is 31.7. The first-order chi connectivity index (χ1) is 9.69. The standard InChI is InChI=1S/C16H17F2NO/c17-14-4-1-3-12(9-14)13(11-19)7-8-20-16-6-2-5-15(18)10-16/h1-6,9-10,13H,7-8,11,19H2. The molecule has 0 aliphatic rings. The van der Waals surface area contributed by atoms with Gasteiger partial charge in [-0.1, -0.05) is 18.2 Å². The summed E-state index contributed by atoms with van der Waals surface area (Å²) in [6.07, 6.45) is 0.649. The fourth-order valence-electron chi connectivity index (χ4n) is 2.06. The van der Waals surface area contributed by atoms with E-state index in [1.54, 1.807) is 18.2 Å². The molecule has 2 aromatic rings. The third-order valence-corrected chi connectivity index (χ3v) is 3.14. The molecular formula is C16H17F2NO. The van der Waals surface area contributed by atoms with Gasteiger partial charge in [0.05, 0.1) is 6.61 Å². The molecule has 0 saturated heterocycles. The highest BCUT2D eigenvalue weighted by Crippen LogP contribution is 2.20. The number of rotatable bonds is 6. The molecule has 0 aliphatic heterocycles. The Labute approximate surface area is 117 Å². The Hall–Kier alpha value is -1.94. The molecule has 0 fully saturated rings. The normalized spacial score (nSPS) is 12.2. The van der Waals surface area contributed by atoms with Gasteiger partial charge >= 0.3 is 0 Å². The smallest absolute Gasteiger partial charge is 0.126 e. The lowest BCUT2D eigenvalue weighted by Crippen LogP contribution is -2.15. The van der Waals surface area contributed by atoms with E-state index in [1.165, 1.54) is 24.3 Å². The molecule has 2 aromatic carbocycles. The second-order valence-electron chi connectivity index (χ2n) is 4.58. The van der Waals surface area contributed by atoms with E-state index in [4.69, 9.17) is 10.5 Å². The topological polar surface area (TPSA) is 35.2 Å². The van der Waals surface area contributed by atoms with Crippen LogP contribution in [0, 0.1) is 11.6 Å². The number of nitrogens with two attached hydrogens (primary N) is 1. The third-order valence-electron chi connectivity index (χ3n) is 3.14. The van der Waals surface area contributed by atoms with Gasteiger partial charge in [0, 0.05) is 6.07 Å². The maximum Gasteiger partial charge on any atom is 0.126 e. The SMILES string of the molecule is NCC(CCOc1cccc(F)c1)c1cccc(F)c1. The first-order valence-corrected chi connectivity index (χ1v) is 6.53. The highest BCUT2D eigenvalue weighted by molar-refractivity contribution is 5.23. The van der Waals surface area contributed by atoms with Crippen LogP contribution in [0.4, 0.5) is 8.78 Å². The van der Waals surface area contributed by atoms with Crippen LogP contribution < -0.4 is 10.5 Å². The molecule has 0 amide bonds. The van der Waals surface area contributed by atoms with Gasteiger partial charge < -0.3 is 10.5 Å². The molecule has 1 unspecified atom stereocenters. The lowest BCUT2D eigenvalue weighted by Gasteiger charge is -2.15. The van der Waals surface area contributed by atoms with Crippen molar-refractivity contribution in [1.29, 1.82) is 0 Å². The maximum absolute atomic E-state index is 13.2. The highest BCUT2D eigenvalue weighted by Gasteiger charge is 2.10. The van der Waals surface area contributed by atoms with Gasteiger partial charge in [0.15, 0.2) is 0 Å². The summed E-state index contributed by atoms with van der Waals surface area (Å²) >= 11 is 0. The van der Waals surface area contributed by atoms with E-state index in [0.29, 0.717) is 25.3 Å². The third kappa shape index (κ3) is 4.03. The molecule has 0 bridgehead atoms. The number of ether oxygens (including phenoxy) is 1. The monoisotopic (exact) mass is 277 g/mol. The molecule has 0 spiro atoms. The number of halogens is 2. The van der Waals surface area contributed by atoms with Crippen LogP contribution in [0.3, 0.4) is 0 Å². The van der Waals surface area contributed by atoms with E-state index in [2.05, 4.69) is 0 Å².